The maximum Gasteiger partial charge on any atom is 0.237 e. The van der Waals surface area contributed by atoms with Gasteiger partial charge in [-0.05, 0) is 31.7 Å². The smallest absolute Gasteiger partial charge is 0.237 e. The molecule has 1 fully saturated rings. The maximum absolute atomic E-state index is 11.5. The largest absolute Gasteiger partial charge is 0.355 e. The summed E-state index contributed by atoms with van der Waals surface area (Å²) in [6, 6.07) is 0.0500. The van der Waals surface area contributed by atoms with Crippen molar-refractivity contribution in [2.24, 2.45) is 5.92 Å². The first kappa shape index (κ1) is 11.2. The van der Waals surface area contributed by atoms with E-state index in [1.807, 2.05) is 6.08 Å². The van der Waals surface area contributed by atoms with Gasteiger partial charge in [0.15, 0.2) is 0 Å². The van der Waals surface area contributed by atoms with Crippen LogP contribution in [-0.4, -0.2) is 25.0 Å². The highest BCUT2D eigenvalue weighted by molar-refractivity contribution is 5.81. The molecule has 3 heteroatoms. The SMILES string of the molecule is C=C[C@@H](C)CCNC(=O)C1CCCN1. The molecular formula is C11H20N2O. The molecule has 2 atom stereocenters. The average molecular weight is 196 g/mol. The molecule has 0 aromatic rings. The lowest BCUT2D eigenvalue weighted by molar-refractivity contribution is -0.122. The van der Waals surface area contributed by atoms with Crippen molar-refractivity contribution in [3.63, 3.8) is 0 Å². The minimum absolute atomic E-state index is 0.0500. The van der Waals surface area contributed by atoms with Crippen LogP contribution in [0.25, 0.3) is 0 Å². The Morgan fingerprint density at radius 1 is 1.79 bits per heavy atom. The molecule has 0 aliphatic carbocycles. The van der Waals surface area contributed by atoms with Crippen LogP contribution < -0.4 is 10.6 Å². The van der Waals surface area contributed by atoms with Crippen molar-refractivity contribution in [1.29, 1.82) is 0 Å². The van der Waals surface area contributed by atoms with Gasteiger partial charge in [0.2, 0.25) is 5.91 Å². The highest BCUT2D eigenvalue weighted by atomic mass is 16.2. The van der Waals surface area contributed by atoms with Crippen LogP contribution in [0.2, 0.25) is 0 Å². The molecule has 1 heterocycles. The van der Waals surface area contributed by atoms with E-state index in [0.29, 0.717) is 5.92 Å². The van der Waals surface area contributed by atoms with Crippen LogP contribution in [0.1, 0.15) is 26.2 Å². The molecular weight excluding hydrogens is 176 g/mol. The minimum atomic E-state index is 0.0500. The van der Waals surface area contributed by atoms with E-state index >= 15 is 0 Å². The molecule has 1 aliphatic rings. The predicted octanol–water partition coefficient (Wildman–Crippen LogP) is 1.07. The van der Waals surface area contributed by atoms with E-state index in [0.717, 1.165) is 32.4 Å². The number of hydrogen-bond donors (Lipinski definition) is 2. The summed E-state index contributed by atoms with van der Waals surface area (Å²) in [5.74, 6) is 0.630. The molecule has 80 valence electrons. The average Bonchev–Trinajstić information content (AvgIpc) is 2.70. The Morgan fingerprint density at radius 3 is 3.14 bits per heavy atom. The van der Waals surface area contributed by atoms with Gasteiger partial charge >= 0.3 is 0 Å². The molecule has 0 bridgehead atoms. The van der Waals surface area contributed by atoms with Gasteiger partial charge in [-0.15, -0.1) is 6.58 Å². The topological polar surface area (TPSA) is 41.1 Å². The third-order valence-corrected chi connectivity index (χ3v) is 2.68. The van der Waals surface area contributed by atoms with Gasteiger partial charge < -0.3 is 10.6 Å². The second kappa shape index (κ2) is 5.81. The molecule has 0 saturated carbocycles. The van der Waals surface area contributed by atoms with Gasteiger partial charge in [0.05, 0.1) is 6.04 Å². The Bertz CT molecular complexity index is 197. The van der Waals surface area contributed by atoms with E-state index in [9.17, 15) is 4.79 Å². The highest BCUT2D eigenvalue weighted by Crippen LogP contribution is 2.05. The molecule has 14 heavy (non-hydrogen) atoms. The van der Waals surface area contributed by atoms with Crippen molar-refractivity contribution in [2.75, 3.05) is 13.1 Å². The quantitative estimate of drug-likeness (QED) is 0.646. The van der Waals surface area contributed by atoms with E-state index in [-0.39, 0.29) is 11.9 Å². The van der Waals surface area contributed by atoms with Gasteiger partial charge in [0, 0.05) is 6.54 Å². The monoisotopic (exact) mass is 196 g/mol. The molecule has 1 amide bonds. The van der Waals surface area contributed by atoms with Crippen molar-refractivity contribution in [1.82, 2.24) is 10.6 Å². The molecule has 1 aliphatic heterocycles. The third kappa shape index (κ3) is 3.50. The Kier molecular flexibility index (Phi) is 4.66. The fraction of sp³-hybridized carbons (Fsp3) is 0.727. The van der Waals surface area contributed by atoms with Crippen molar-refractivity contribution in [3.8, 4) is 0 Å². The van der Waals surface area contributed by atoms with Crippen LogP contribution in [0, 0.1) is 5.92 Å². The number of rotatable bonds is 5. The zero-order chi connectivity index (χ0) is 10.4. The summed E-state index contributed by atoms with van der Waals surface area (Å²) in [5, 5.41) is 6.12. The van der Waals surface area contributed by atoms with Crippen LogP contribution in [0.15, 0.2) is 12.7 Å². The Balaban J connectivity index is 2.11. The summed E-state index contributed by atoms with van der Waals surface area (Å²) in [6.07, 6.45) is 4.98. The van der Waals surface area contributed by atoms with E-state index in [2.05, 4.69) is 24.1 Å². The Labute approximate surface area is 86.0 Å². The lowest BCUT2D eigenvalue weighted by atomic mass is 10.1. The highest BCUT2D eigenvalue weighted by Gasteiger charge is 2.21. The van der Waals surface area contributed by atoms with Crippen LogP contribution in [-0.2, 0) is 4.79 Å². The van der Waals surface area contributed by atoms with Gasteiger partial charge in [-0.2, -0.15) is 0 Å². The summed E-state index contributed by atoms with van der Waals surface area (Å²) in [6.45, 7) is 7.54. The summed E-state index contributed by atoms with van der Waals surface area (Å²) in [5.41, 5.74) is 0. The molecule has 1 saturated heterocycles. The van der Waals surface area contributed by atoms with E-state index in [1.54, 1.807) is 0 Å². The molecule has 0 aromatic heterocycles. The maximum atomic E-state index is 11.5. The number of carbonyl (C=O) groups is 1. The first-order valence-electron chi connectivity index (χ1n) is 5.37. The number of carbonyl (C=O) groups excluding carboxylic acids is 1. The predicted molar refractivity (Wildman–Crippen MR) is 58.0 cm³/mol. The van der Waals surface area contributed by atoms with Crippen molar-refractivity contribution in [2.45, 2.75) is 32.2 Å². The Hall–Kier alpha value is -0.830. The molecule has 0 radical (unpaired) electrons. The first-order valence-corrected chi connectivity index (χ1v) is 5.37. The normalized spacial score (nSPS) is 23.1. The Morgan fingerprint density at radius 2 is 2.57 bits per heavy atom. The fourth-order valence-corrected chi connectivity index (χ4v) is 1.57. The summed E-state index contributed by atoms with van der Waals surface area (Å²) < 4.78 is 0. The van der Waals surface area contributed by atoms with Crippen LogP contribution >= 0.6 is 0 Å². The number of amides is 1. The van der Waals surface area contributed by atoms with Gasteiger partial charge in [-0.3, -0.25) is 4.79 Å². The first-order chi connectivity index (χ1) is 6.74. The summed E-state index contributed by atoms with van der Waals surface area (Å²) in [7, 11) is 0. The van der Waals surface area contributed by atoms with Crippen molar-refractivity contribution in [3.05, 3.63) is 12.7 Å². The van der Waals surface area contributed by atoms with Crippen molar-refractivity contribution >= 4 is 5.91 Å². The van der Waals surface area contributed by atoms with Crippen LogP contribution in [0.3, 0.4) is 0 Å². The molecule has 0 aromatic carbocycles. The van der Waals surface area contributed by atoms with Gasteiger partial charge in [-0.25, -0.2) is 0 Å². The number of allylic oxidation sites excluding steroid dienone is 1. The second-order valence-corrected chi connectivity index (χ2v) is 3.94. The standard InChI is InChI=1S/C11H20N2O/c1-3-9(2)6-8-13-11(14)10-5-4-7-12-10/h3,9-10,12H,1,4-8H2,2H3,(H,13,14)/t9-,10?/m1/s1. The van der Waals surface area contributed by atoms with Crippen LogP contribution in [0.5, 0.6) is 0 Å². The van der Waals surface area contributed by atoms with Gasteiger partial charge in [0.25, 0.3) is 0 Å². The van der Waals surface area contributed by atoms with E-state index in [4.69, 9.17) is 0 Å². The molecule has 0 spiro atoms. The summed E-state index contributed by atoms with van der Waals surface area (Å²) in [4.78, 5) is 11.5. The second-order valence-electron chi connectivity index (χ2n) is 3.94. The molecule has 1 rings (SSSR count). The minimum Gasteiger partial charge on any atom is -0.355 e. The fourth-order valence-electron chi connectivity index (χ4n) is 1.57. The molecule has 2 N–H and O–H groups in total. The van der Waals surface area contributed by atoms with E-state index < -0.39 is 0 Å². The molecule has 3 nitrogen and oxygen atoms in total. The number of nitrogens with one attached hydrogen (secondary N) is 2. The van der Waals surface area contributed by atoms with Gasteiger partial charge in [0.1, 0.15) is 0 Å². The van der Waals surface area contributed by atoms with Gasteiger partial charge in [-0.1, -0.05) is 13.0 Å². The van der Waals surface area contributed by atoms with Crippen molar-refractivity contribution < 1.29 is 4.79 Å². The lowest BCUT2D eigenvalue weighted by Crippen LogP contribution is -2.40. The zero-order valence-corrected chi connectivity index (χ0v) is 8.88. The zero-order valence-electron chi connectivity index (χ0n) is 8.88. The molecule has 1 unspecified atom stereocenters. The van der Waals surface area contributed by atoms with E-state index in [1.165, 1.54) is 0 Å². The third-order valence-electron chi connectivity index (χ3n) is 2.68. The lowest BCUT2D eigenvalue weighted by Gasteiger charge is -2.12. The summed E-state index contributed by atoms with van der Waals surface area (Å²) >= 11 is 0. The number of hydrogen-bond acceptors (Lipinski definition) is 2. The van der Waals surface area contributed by atoms with Crippen LogP contribution in [0.4, 0.5) is 0 Å².